The first-order chi connectivity index (χ1) is 11.5. The van der Waals surface area contributed by atoms with Crippen molar-refractivity contribution in [2.75, 3.05) is 19.8 Å². The molecule has 2 rings (SSSR count). The third-order valence-electron chi connectivity index (χ3n) is 3.05. The first kappa shape index (κ1) is 18.3. The zero-order chi connectivity index (χ0) is 17.7. The van der Waals surface area contributed by atoms with E-state index in [0.29, 0.717) is 35.2 Å². The van der Waals surface area contributed by atoms with Gasteiger partial charge in [-0.15, -0.1) is 0 Å². The van der Waals surface area contributed by atoms with E-state index in [1.165, 1.54) is 0 Å². The molecule has 0 radical (unpaired) electrons. The third kappa shape index (κ3) is 4.27. The standard InChI is InChI=1S/C16H17NO5S2/c1-3-21-11-6-5-10(12(8-11)22-4-2)7-13-15(20)17(9-14(18)19)16(23)24-13/h5-8H,3-4,9H2,1-2H3,(H,18,19). The molecule has 1 aliphatic rings. The van der Waals surface area contributed by atoms with E-state index in [-0.39, 0.29) is 4.32 Å². The van der Waals surface area contributed by atoms with E-state index >= 15 is 0 Å². The number of carboxylic acid groups (broad SMARTS) is 1. The number of hydrogen-bond acceptors (Lipinski definition) is 6. The molecule has 0 saturated carbocycles. The van der Waals surface area contributed by atoms with Crippen LogP contribution in [0.4, 0.5) is 0 Å². The highest BCUT2D eigenvalue weighted by Crippen LogP contribution is 2.35. The largest absolute Gasteiger partial charge is 0.494 e. The number of carboxylic acids is 1. The van der Waals surface area contributed by atoms with Gasteiger partial charge in [-0.2, -0.15) is 0 Å². The summed E-state index contributed by atoms with van der Waals surface area (Å²) in [6, 6.07) is 5.34. The summed E-state index contributed by atoms with van der Waals surface area (Å²) in [4.78, 5) is 24.6. The van der Waals surface area contributed by atoms with Crippen LogP contribution >= 0.6 is 24.0 Å². The highest BCUT2D eigenvalue weighted by molar-refractivity contribution is 8.26. The van der Waals surface area contributed by atoms with Crippen LogP contribution in [0.5, 0.6) is 11.5 Å². The number of aliphatic carboxylic acids is 1. The number of carbonyl (C=O) groups excluding carboxylic acids is 1. The molecule has 1 N–H and O–H groups in total. The predicted molar refractivity (Wildman–Crippen MR) is 96.3 cm³/mol. The minimum atomic E-state index is -1.11. The predicted octanol–water partition coefficient (Wildman–Crippen LogP) is 2.77. The first-order valence-electron chi connectivity index (χ1n) is 7.33. The molecule has 1 fully saturated rings. The number of nitrogens with zero attached hydrogens (tertiary/aromatic N) is 1. The van der Waals surface area contributed by atoms with E-state index in [4.69, 9.17) is 26.8 Å². The maximum atomic E-state index is 12.3. The van der Waals surface area contributed by atoms with Gasteiger partial charge in [0.25, 0.3) is 5.91 Å². The maximum absolute atomic E-state index is 12.3. The van der Waals surface area contributed by atoms with Crippen molar-refractivity contribution in [1.29, 1.82) is 0 Å². The molecule has 0 aromatic heterocycles. The van der Waals surface area contributed by atoms with Gasteiger partial charge in [-0.05, 0) is 32.1 Å². The van der Waals surface area contributed by atoms with Crippen LogP contribution in [0.15, 0.2) is 23.1 Å². The number of thioether (sulfide) groups is 1. The van der Waals surface area contributed by atoms with Crippen molar-refractivity contribution in [1.82, 2.24) is 4.90 Å². The minimum Gasteiger partial charge on any atom is -0.494 e. The number of amides is 1. The van der Waals surface area contributed by atoms with Crippen LogP contribution in [0.1, 0.15) is 19.4 Å². The molecular weight excluding hydrogens is 350 g/mol. The molecule has 1 heterocycles. The summed E-state index contributed by atoms with van der Waals surface area (Å²) >= 11 is 6.16. The van der Waals surface area contributed by atoms with Crippen LogP contribution in [0.2, 0.25) is 0 Å². The van der Waals surface area contributed by atoms with Gasteiger partial charge in [0.05, 0.1) is 18.1 Å². The number of rotatable bonds is 7. The van der Waals surface area contributed by atoms with Crippen molar-refractivity contribution in [3.8, 4) is 11.5 Å². The van der Waals surface area contributed by atoms with E-state index in [1.54, 1.807) is 24.3 Å². The SMILES string of the molecule is CCOc1ccc(C=C2SC(=S)N(CC(=O)O)C2=O)c(OCC)c1. The lowest BCUT2D eigenvalue weighted by Gasteiger charge is -2.11. The van der Waals surface area contributed by atoms with Crippen molar-refractivity contribution >= 4 is 46.3 Å². The van der Waals surface area contributed by atoms with Crippen LogP contribution in [0.3, 0.4) is 0 Å². The summed E-state index contributed by atoms with van der Waals surface area (Å²) in [5.74, 6) is -0.254. The summed E-state index contributed by atoms with van der Waals surface area (Å²) in [5.41, 5.74) is 0.705. The van der Waals surface area contributed by atoms with Gasteiger partial charge in [0, 0.05) is 11.6 Å². The summed E-state index contributed by atoms with van der Waals surface area (Å²) < 4.78 is 11.3. The van der Waals surface area contributed by atoms with E-state index in [2.05, 4.69) is 0 Å². The Labute approximate surface area is 149 Å². The fourth-order valence-corrected chi connectivity index (χ4v) is 3.33. The van der Waals surface area contributed by atoms with Crippen LogP contribution < -0.4 is 9.47 Å². The van der Waals surface area contributed by atoms with Crippen LogP contribution in [0, 0.1) is 0 Å². The molecule has 0 atom stereocenters. The lowest BCUT2D eigenvalue weighted by atomic mass is 10.1. The third-order valence-corrected chi connectivity index (χ3v) is 4.43. The molecule has 1 saturated heterocycles. The molecule has 128 valence electrons. The Bertz CT molecular complexity index is 702. The van der Waals surface area contributed by atoms with Crippen molar-refractivity contribution < 1.29 is 24.2 Å². The lowest BCUT2D eigenvalue weighted by molar-refractivity contribution is -0.140. The van der Waals surface area contributed by atoms with Gasteiger partial charge in [-0.1, -0.05) is 24.0 Å². The smallest absolute Gasteiger partial charge is 0.323 e. The Morgan fingerprint density at radius 2 is 2.04 bits per heavy atom. The fraction of sp³-hybridized carbons (Fsp3) is 0.312. The monoisotopic (exact) mass is 367 g/mol. The highest BCUT2D eigenvalue weighted by atomic mass is 32.2. The average molecular weight is 367 g/mol. The van der Waals surface area contributed by atoms with Crippen molar-refractivity contribution in [2.24, 2.45) is 0 Å². The van der Waals surface area contributed by atoms with Crippen LogP contribution in [0.25, 0.3) is 6.08 Å². The topological polar surface area (TPSA) is 76.1 Å². The van der Waals surface area contributed by atoms with Gasteiger partial charge in [0.2, 0.25) is 0 Å². The summed E-state index contributed by atoms with van der Waals surface area (Å²) in [5, 5.41) is 8.86. The van der Waals surface area contributed by atoms with Gasteiger partial charge in [0.15, 0.2) is 0 Å². The molecule has 1 aliphatic heterocycles. The van der Waals surface area contributed by atoms with Gasteiger partial charge in [0.1, 0.15) is 22.4 Å². The average Bonchev–Trinajstić information content (AvgIpc) is 2.77. The quantitative estimate of drug-likeness (QED) is 0.586. The molecular formula is C16H17NO5S2. The Hall–Kier alpha value is -2.06. The van der Waals surface area contributed by atoms with Crippen LogP contribution in [-0.4, -0.2) is 46.0 Å². The van der Waals surface area contributed by atoms with Crippen molar-refractivity contribution in [3.63, 3.8) is 0 Å². The second kappa shape index (κ2) is 8.16. The second-order valence-corrected chi connectivity index (χ2v) is 6.40. The Morgan fingerprint density at radius 1 is 1.33 bits per heavy atom. The van der Waals surface area contributed by atoms with E-state index in [1.807, 2.05) is 13.8 Å². The molecule has 0 spiro atoms. The number of carbonyl (C=O) groups is 2. The number of benzene rings is 1. The van der Waals surface area contributed by atoms with E-state index < -0.39 is 18.4 Å². The normalized spacial score (nSPS) is 15.9. The fourth-order valence-electron chi connectivity index (χ4n) is 2.08. The van der Waals surface area contributed by atoms with Crippen molar-refractivity contribution in [3.05, 3.63) is 28.7 Å². The van der Waals surface area contributed by atoms with Crippen LogP contribution in [-0.2, 0) is 9.59 Å². The summed E-state index contributed by atoms with van der Waals surface area (Å²) in [6.45, 7) is 4.32. The molecule has 8 heteroatoms. The lowest BCUT2D eigenvalue weighted by Crippen LogP contribution is -2.33. The van der Waals surface area contributed by atoms with E-state index in [0.717, 1.165) is 16.7 Å². The number of ether oxygens (including phenoxy) is 2. The molecule has 1 amide bonds. The van der Waals surface area contributed by atoms with Crippen molar-refractivity contribution in [2.45, 2.75) is 13.8 Å². The second-order valence-electron chi connectivity index (χ2n) is 4.73. The maximum Gasteiger partial charge on any atom is 0.323 e. The zero-order valence-electron chi connectivity index (χ0n) is 13.3. The number of thiocarbonyl (C=S) groups is 1. The van der Waals surface area contributed by atoms with Gasteiger partial charge < -0.3 is 14.6 Å². The summed E-state index contributed by atoms with van der Waals surface area (Å²) in [6.07, 6.45) is 1.65. The van der Waals surface area contributed by atoms with Gasteiger partial charge in [-0.3, -0.25) is 14.5 Å². The summed E-state index contributed by atoms with van der Waals surface area (Å²) in [7, 11) is 0. The molecule has 1 aromatic rings. The molecule has 0 aliphatic carbocycles. The van der Waals surface area contributed by atoms with E-state index in [9.17, 15) is 9.59 Å². The van der Waals surface area contributed by atoms with Gasteiger partial charge >= 0.3 is 5.97 Å². The minimum absolute atomic E-state index is 0.234. The molecule has 0 bridgehead atoms. The molecule has 6 nitrogen and oxygen atoms in total. The first-order valence-corrected chi connectivity index (χ1v) is 8.55. The highest BCUT2D eigenvalue weighted by Gasteiger charge is 2.33. The Balaban J connectivity index is 2.31. The molecule has 1 aromatic carbocycles. The molecule has 0 unspecified atom stereocenters. The zero-order valence-corrected chi connectivity index (χ0v) is 14.9. The Morgan fingerprint density at radius 3 is 2.67 bits per heavy atom. The number of hydrogen-bond donors (Lipinski definition) is 1. The Kier molecular flexibility index (Phi) is 6.22. The molecule has 24 heavy (non-hydrogen) atoms. The van der Waals surface area contributed by atoms with Gasteiger partial charge in [-0.25, -0.2) is 0 Å².